The third kappa shape index (κ3) is 3.92. The SMILES string of the molecule is CN(CCC(=O)O)C(=O)c1ccc(Cl)c([N+](=O)[O-])c1. The van der Waals surface area contributed by atoms with Crippen LogP contribution in [0.15, 0.2) is 18.2 Å². The maximum Gasteiger partial charge on any atom is 0.305 e. The number of carbonyl (C=O) groups is 2. The molecule has 8 heteroatoms. The number of hydrogen-bond donors (Lipinski definition) is 1. The predicted octanol–water partition coefficient (Wildman–Crippen LogP) is 1.79. The number of nitro benzene ring substituents is 1. The molecule has 7 nitrogen and oxygen atoms in total. The number of nitro groups is 1. The fourth-order valence-electron chi connectivity index (χ4n) is 1.37. The molecule has 0 atom stereocenters. The monoisotopic (exact) mass is 286 g/mol. The van der Waals surface area contributed by atoms with E-state index in [1.165, 1.54) is 24.1 Å². The van der Waals surface area contributed by atoms with Gasteiger partial charge in [0.15, 0.2) is 0 Å². The van der Waals surface area contributed by atoms with Crippen LogP contribution in [0.1, 0.15) is 16.8 Å². The van der Waals surface area contributed by atoms with Gasteiger partial charge in [-0.1, -0.05) is 11.6 Å². The van der Waals surface area contributed by atoms with E-state index in [0.29, 0.717) is 0 Å². The standard InChI is InChI=1S/C11H11ClN2O5/c1-13(5-4-10(15)16)11(17)7-2-3-8(12)9(6-7)14(18)19/h2-3,6H,4-5H2,1H3,(H,15,16). The van der Waals surface area contributed by atoms with Crippen molar-refractivity contribution < 1.29 is 19.6 Å². The molecule has 1 N–H and O–H groups in total. The Hall–Kier alpha value is -2.15. The average molecular weight is 287 g/mol. The average Bonchev–Trinajstić information content (AvgIpc) is 2.35. The van der Waals surface area contributed by atoms with Crippen LogP contribution in [-0.4, -0.2) is 40.4 Å². The Morgan fingerprint density at radius 3 is 2.63 bits per heavy atom. The highest BCUT2D eigenvalue weighted by molar-refractivity contribution is 6.32. The lowest BCUT2D eigenvalue weighted by Crippen LogP contribution is -2.29. The number of carboxylic acid groups (broad SMARTS) is 1. The number of hydrogen-bond acceptors (Lipinski definition) is 4. The molecule has 0 radical (unpaired) electrons. The number of benzene rings is 1. The summed E-state index contributed by atoms with van der Waals surface area (Å²) < 4.78 is 0. The Morgan fingerprint density at radius 2 is 2.11 bits per heavy atom. The fourth-order valence-corrected chi connectivity index (χ4v) is 1.56. The molecule has 0 saturated heterocycles. The molecule has 0 spiro atoms. The minimum atomic E-state index is -1.03. The van der Waals surface area contributed by atoms with E-state index in [0.717, 1.165) is 6.07 Å². The summed E-state index contributed by atoms with van der Waals surface area (Å²) in [6.45, 7) is 0.0184. The lowest BCUT2D eigenvalue weighted by atomic mass is 10.1. The predicted molar refractivity (Wildman–Crippen MR) is 67.3 cm³/mol. The van der Waals surface area contributed by atoms with Crippen molar-refractivity contribution in [1.29, 1.82) is 0 Å². The quantitative estimate of drug-likeness (QED) is 0.657. The summed E-state index contributed by atoms with van der Waals surface area (Å²) in [5, 5.41) is 19.2. The van der Waals surface area contributed by atoms with Crippen LogP contribution in [0.2, 0.25) is 5.02 Å². The van der Waals surface area contributed by atoms with Crippen LogP contribution in [0.25, 0.3) is 0 Å². The zero-order valence-electron chi connectivity index (χ0n) is 10.00. The van der Waals surface area contributed by atoms with Crippen molar-refractivity contribution in [1.82, 2.24) is 4.90 Å². The molecule has 102 valence electrons. The topological polar surface area (TPSA) is 101 Å². The number of carboxylic acids is 1. The number of halogens is 1. The fraction of sp³-hybridized carbons (Fsp3) is 0.273. The Kier molecular flexibility index (Phi) is 4.82. The lowest BCUT2D eigenvalue weighted by molar-refractivity contribution is -0.384. The van der Waals surface area contributed by atoms with Gasteiger partial charge < -0.3 is 10.0 Å². The number of aliphatic carboxylic acids is 1. The summed E-state index contributed by atoms with van der Waals surface area (Å²) in [5.41, 5.74) is -0.275. The van der Waals surface area contributed by atoms with Gasteiger partial charge in [-0.15, -0.1) is 0 Å². The maximum absolute atomic E-state index is 11.9. The Labute approximate surface area is 113 Å². The molecule has 19 heavy (non-hydrogen) atoms. The van der Waals surface area contributed by atoms with E-state index in [-0.39, 0.29) is 29.2 Å². The normalized spacial score (nSPS) is 10.0. The number of carbonyl (C=O) groups excluding carboxylic acids is 1. The van der Waals surface area contributed by atoms with Crippen molar-refractivity contribution in [2.45, 2.75) is 6.42 Å². The van der Waals surface area contributed by atoms with Crippen LogP contribution in [0, 0.1) is 10.1 Å². The molecule has 0 aliphatic rings. The molecular weight excluding hydrogens is 276 g/mol. The van der Waals surface area contributed by atoms with Gasteiger partial charge in [0.25, 0.3) is 11.6 Å². The highest BCUT2D eigenvalue weighted by Gasteiger charge is 2.18. The summed E-state index contributed by atoms with van der Waals surface area (Å²) in [6, 6.07) is 3.69. The first-order chi connectivity index (χ1) is 8.82. The Balaban J connectivity index is 2.91. The summed E-state index contributed by atoms with van der Waals surface area (Å²) in [4.78, 5) is 33.5. The van der Waals surface area contributed by atoms with Gasteiger partial charge in [-0.25, -0.2) is 0 Å². The molecule has 0 aromatic heterocycles. The van der Waals surface area contributed by atoms with Gasteiger partial charge in [0, 0.05) is 25.2 Å². The second-order valence-corrected chi connectivity index (χ2v) is 4.20. The van der Waals surface area contributed by atoms with Crippen LogP contribution in [0.5, 0.6) is 0 Å². The van der Waals surface area contributed by atoms with E-state index in [9.17, 15) is 19.7 Å². The van der Waals surface area contributed by atoms with Crippen molar-refractivity contribution in [3.8, 4) is 0 Å². The van der Waals surface area contributed by atoms with Gasteiger partial charge in [0.2, 0.25) is 0 Å². The Morgan fingerprint density at radius 1 is 1.47 bits per heavy atom. The van der Waals surface area contributed by atoms with Gasteiger partial charge in [0.05, 0.1) is 11.3 Å². The molecule has 0 saturated carbocycles. The first kappa shape index (κ1) is 14.9. The molecule has 0 bridgehead atoms. The second-order valence-electron chi connectivity index (χ2n) is 3.79. The van der Waals surface area contributed by atoms with Crippen LogP contribution in [0.3, 0.4) is 0 Å². The highest BCUT2D eigenvalue weighted by atomic mass is 35.5. The van der Waals surface area contributed by atoms with Crippen LogP contribution < -0.4 is 0 Å². The smallest absolute Gasteiger partial charge is 0.305 e. The zero-order valence-corrected chi connectivity index (χ0v) is 10.8. The van der Waals surface area contributed by atoms with Gasteiger partial charge in [-0.3, -0.25) is 19.7 Å². The molecule has 0 unspecified atom stereocenters. The van der Waals surface area contributed by atoms with Crippen molar-refractivity contribution in [3.63, 3.8) is 0 Å². The van der Waals surface area contributed by atoms with Crippen LogP contribution >= 0.6 is 11.6 Å². The summed E-state index contributed by atoms with van der Waals surface area (Å²) in [6.07, 6.45) is -0.197. The molecule has 1 aromatic rings. The van der Waals surface area contributed by atoms with Crippen LogP contribution in [-0.2, 0) is 4.79 Å². The molecular formula is C11H11ClN2O5. The first-order valence-corrected chi connectivity index (χ1v) is 5.62. The zero-order chi connectivity index (χ0) is 14.6. The first-order valence-electron chi connectivity index (χ1n) is 5.24. The second kappa shape index (κ2) is 6.14. The van der Waals surface area contributed by atoms with Crippen molar-refractivity contribution in [2.75, 3.05) is 13.6 Å². The van der Waals surface area contributed by atoms with E-state index in [1.54, 1.807) is 0 Å². The number of rotatable bonds is 5. The molecule has 0 fully saturated rings. The Bertz CT molecular complexity index is 532. The molecule has 0 aliphatic heterocycles. The molecule has 0 aliphatic carbocycles. The van der Waals surface area contributed by atoms with Crippen LogP contribution in [0.4, 0.5) is 5.69 Å². The van der Waals surface area contributed by atoms with E-state index in [2.05, 4.69) is 0 Å². The molecule has 1 aromatic carbocycles. The highest BCUT2D eigenvalue weighted by Crippen LogP contribution is 2.25. The third-order valence-electron chi connectivity index (χ3n) is 2.40. The molecule has 1 amide bonds. The van der Waals surface area contributed by atoms with Gasteiger partial charge in [-0.2, -0.15) is 0 Å². The minimum absolute atomic E-state index is 0.0184. The van der Waals surface area contributed by atoms with E-state index >= 15 is 0 Å². The van der Waals surface area contributed by atoms with E-state index in [1.807, 2.05) is 0 Å². The minimum Gasteiger partial charge on any atom is -0.481 e. The largest absolute Gasteiger partial charge is 0.481 e. The summed E-state index contributed by atoms with van der Waals surface area (Å²) in [5.74, 6) is -1.53. The number of nitrogens with zero attached hydrogens (tertiary/aromatic N) is 2. The molecule has 0 heterocycles. The summed E-state index contributed by atoms with van der Waals surface area (Å²) in [7, 11) is 1.42. The van der Waals surface area contributed by atoms with Gasteiger partial charge in [0.1, 0.15) is 5.02 Å². The van der Waals surface area contributed by atoms with Gasteiger partial charge >= 0.3 is 5.97 Å². The van der Waals surface area contributed by atoms with E-state index in [4.69, 9.17) is 16.7 Å². The third-order valence-corrected chi connectivity index (χ3v) is 2.72. The van der Waals surface area contributed by atoms with Crippen molar-refractivity contribution >= 4 is 29.2 Å². The maximum atomic E-state index is 11.9. The van der Waals surface area contributed by atoms with Crippen molar-refractivity contribution in [2.24, 2.45) is 0 Å². The van der Waals surface area contributed by atoms with Gasteiger partial charge in [-0.05, 0) is 12.1 Å². The number of amides is 1. The van der Waals surface area contributed by atoms with Crippen molar-refractivity contribution in [3.05, 3.63) is 38.9 Å². The summed E-state index contributed by atoms with van der Waals surface area (Å²) >= 11 is 5.63. The van der Waals surface area contributed by atoms with E-state index < -0.39 is 16.8 Å². The lowest BCUT2D eigenvalue weighted by Gasteiger charge is -2.15. The molecule has 1 rings (SSSR count).